The second-order valence-corrected chi connectivity index (χ2v) is 34.8. The lowest BCUT2D eigenvalue weighted by Gasteiger charge is -2.52. The van der Waals surface area contributed by atoms with Crippen molar-refractivity contribution in [2.45, 2.75) is 123 Å². The number of hydrogen-bond donors (Lipinski definition) is 0. The van der Waals surface area contributed by atoms with Gasteiger partial charge in [-0.15, -0.1) is 0 Å². The Balaban J connectivity index is 1.22. The molecule has 0 saturated carbocycles. The molecule has 1 aliphatic carbocycles. The average molecular weight is 964 g/mol. The minimum absolute atomic E-state index is 0.104. The zero-order chi connectivity index (χ0) is 50.3. The predicted octanol–water partition coefficient (Wildman–Crippen LogP) is 20.6. The molecular formula is C67H74N2Si2. The Morgan fingerprint density at radius 3 is 1.08 bits per heavy atom. The van der Waals surface area contributed by atoms with Crippen molar-refractivity contribution in [3.63, 3.8) is 0 Å². The third-order valence-corrected chi connectivity index (χ3v) is 26.1. The molecule has 0 unspecified atom stereocenters. The van der Waals surface area contributed by atoms with E-state index in [1.54, 1.807) is 11.1 Å². The van der Waals surface area contributed by atoms with E-state index in [0.717, 1.165) is 0 Å². The van der Waals surface area contributed by atoms with Crippen LogP contribution in [0.5, 0.6) is 0 Å². The monoisotopic (exact) mass is 963 g/mol. The normalized spacial score (nSPS) is 13.5. The molecule has 9 aromatic rings. The quantitative estimate of drug-likeness (QED) is 0.0889. The molecule has 0 amide bonds. The predicted molar refractivity (Wildman–Crippen MR) is 318 cm³/mol. The molecule has 9 aromatic carbocycles. The van der Waals surface area contributed by atoms with E-state index in [-0.39, 0.29) is 4.66 Å². The standard InChI is InChI=1S/C67H74N2Si2/c1-43(2)47-19-28-52(29-20-47)68(53-30-21-48(22-31-53)44(3)4)56-36-39-58-51(41-56)27-38-62-64-60-18-16-15-17-59(60)63-42-57(37-40-61(63)66(64)67(65(58)62,70(9,10)11)71(12,13)14)69(54-32-23-49(24-33-54)45(5)6)55-34-25-50(26-35-55)46(7)8/h15-46H,1-14H3. The molecule has 0 bridgehead atoms. The van der Waals surface area contributed by atoms with Crippen LogP contribution >= 0.6 is 0 Å². The van der Waals surface area contributed by atoms with Crippen LogP contribution in [0.25, 0.3) is 43.4 Å². The molecule has 360 valence electrons. The lowest BCUT2D eigenvalue weighted by molar-refractivity contribution is 0.866. The minimum Gasteiger partial charge on any atom is -0.310 e. The second-order valence-electron chi connectivity index (χ2n) is 23.8. The third kappa shape index (κ3) is 8.06. The largest absolute Gasteiger partial charge is 0.310 e. The minimum atomic E-state index is -2.13. The van der Waals surface area contributed by atoms with Crippen LogP contribution in [-0.4, -0.2) is 16.1 Å². The van der Waals surface area contributed by atoms with Crippen molar-refractivity contribution in [2.75, 3.05) is 9.80 Å². The zero-order valence-corrected chi connectivity index (χ0v) is 46.9. The van der Waals surface area contributed by atoms with Gasteiger partial charge in [-0.3, -0.25) is 0 Å². The van der Waals surface area contributed by atoms with E-state index < -0.39 is 16.1 Å². The van der Waals surface area contributed by atoms with Crippen molar-refractivity contribution in [1.29, 1.82) is 0 Å². The summed E-state index contributed by atoms with van der Waals surface area (Å²) in [6, 6.07) is 66.1. The molecule has 0 atom stereocenters. The Hall–Kier alpha value is -6.21. The highest BCUT2D eigenvalue weighted by atomic mass is 28.4. The third-order valence-electron chi connectivity index (χ3n) is 16.1. The van der Waals surface area contributed by atoms with Crippen LogP contribution in [-0.2, 0) is 4.66 Å². The van der Waals surface area contributed by atoms with Crippen LogP contribution in [0.15, 0.2) is 170 Å². The average Bonchev–Trinajstić information content (AvgIpc) is 3.69. The van der Waals surface area contributed by atoms with Gasteiger partial charge < -0.3 is 9.80 Å². The molecule has 0 saturated heterocycles. The molecule has 0 heterocycles. The first-order valence-corrected chi connectivity index (χ1v) is 33.4. The summed E-state index contributed by atoms with van der Waals surface area (Å²) in [6.07, 6.45) is 0. The summed E-state index contributed by atoms with van der Waals surface area (Å²) in [7, 11) is -4.27. The Bertz CT molecular complexity index is 3300. The fraction of sp³-hybridized carbons (Fsp3) is 0.284. The fourth-order valence-electron chi connectivity index (χ4n) is 12.7. The molecule has 0 spiro atoms. The molecule has 10 rings (SSSR count). The maximum atomic E-state index is 2.67. The molecule has 0 N–H and O–H groups in total. The van der Waals surface area contributed by atoms with Crippen LogP contribution in [0.3, 0.4) is 0 Å². The summed E-state index contributed by atoms with van der Waals surface area (Å²) in [4.78, 5) is 4.93. The highest BCUT2D eigenvalue weighted by Gasteiger charge is 2.60. The number of hydrogen-bond acceptors (Lipinski definition) is 2. The number of anilines is 6. The molecule has 0 aromatic heterocycles. The van der Waals surface area contributed by atoms with Crippen LogP contribution < -0.4 is 9.80 Å². The molecular weight excluding hydrogens is 889 g/mol. The molecule has 0 fully saturated rings. The fourth-order valence-corrected chi connectivity index (χ4v) is 25.8. The van der Waals surface area contributed by atoms with Gasteiger partial charge in [-0.05, 0) is 173 Å². The van der Waals surface area contributed by atoms with Crippen molar-refractivity contribution in [1.82, 2.24) is 0 Å². The first kappa shape index (κ1) is 48.4. The van der Waals surface area contributed by atoms with E-state index in [1.807, 2.05) is 0 Å². The van der Waals surface area contributed by atoms with Crippen molar-refractivity contribution in [3.8, 4) is 11.1 Å². The highest BCUT2D eigenvalue weighted by molar-refractivity contribution is 7.00. The first-order valence-electron chi connectivity index (χ1n) is 26.4. The van der Waals surface area contributed by atoms with Crippen molar-refractivity contribution >= 4 is 82.6 Å². The highest BCUT2D eigenvalue weighted by Crippen LogP contribution is 2.63. The van der Waals surface area contributed by atoms with E-state index in [0.29, 0.717) is 23.7 Å². The second kappa shape index (κ2) is 18.1. The SMILES string of the molecule is CC(C)c1ccc(N(c2ccc(C(C)C)cc2)c2ccc3c4c(ccc3c2)-c2c(c3ccc(N(c5ccc(C(C)C)cc5)c5ccc(C(C)C)cc5)cc3c3ccccc23)C4([Si](C)(C)C)[Si](C)(C)C)cc1. The van der Waals surface area contributed by atoms with Gasteiger partial charge >= 0.3 is 0 Å². The smallest absolute Gasteiger partial charge is 0.0579 e. The van der Waals surface area contributed by atoms with Gasteiger partial charge in [-0.1, -0.05) is 192 Å². The van der Waals surface area contributed by atoms with Gasteiger partial charge in [0.25, 0.3) is 0 Å². The van der Waals surface area contributed by atoms with Gasteiger partial charge in [0.15, 0.2) is 0 Å². The summed E-state index contributed by atoms with van der Waals surface area (Å²) in [5.74, 6) is 1.87. The Morgan fingerprint density at radius 2 is 0.690 bits per heavy atom. The molecule has 4 heteroatoms. The zero-order valence-electron chi connectivity index (χ0n) is 44.9. The van der Waals surface area contributed by atoms with E-state index >= 15 is 0 Å². The number of nitrogens with zero attached hydrogens (tertiary/aromatic N) is 2. The lowest BCUT2D eigenvalue weighted by atomic mass is 9.91. The van der Waals surface area contributed by atoms with Gasteiger partial charge in [0, 0.05) is 38.8 Å². The number of fused-ring (bicyclic) bond motifs is 10. The van der Waals surface area contributed by atoms with Gasteiger partial charge in [-0.2, -0.15) is 0 Å². The molecule has 2 nitrogen and oxygen atoms in total. The summed E-state index contributed by atoms with van der Waals surface area (Å²) < 4.78 is -0.104. The molecule has 71 heavy (non-hydrogen) atoms. The lowest BCUT2D eigenvalue weighted by Crippen LogP contribution is -2.63. The Kier molecular flexibility index (Phi) is 12.4. The molecule has 1 aliphatic rings. The number of benzene rings is 9. The van der Waals surface area contributed by atoms with Gasteiger partial charge in [-0.25, -0.2) is 0 Å². The maximum absolute atomic E-state index is 2.67. The summed E-state index contributed by atoms with van der Waals surface area (Å²) in [6.45, 7) is 34.2. The van der Waals surface area contributed by atoms with Crippen LogP contribution in [0.2, 0.25) is 39.3 Å². The Morgan fingerprint density at radius 1 is 0.324 bits per heavy atom. The van der Waals surface area contributed by atoms with Gasteiger partial charge in [0.05, 0.1) is 16.1 Å². The Labute approximate surface area is 427 Å². The maximum Gasteiger partial charge on any atom is 0.0579 e. The van der Waals surface area contributed by atoms with Crippen molar-refractivity contribution in [3.05, 3.63) is 203 Å². The van der Waals surface area contributed by atoms with Crippen LogP contribution in [0.4, 0.5) is 34.1 Å². The van der Waals surface area contributed by atoms with E-state index in [9.17, 15) is 0 Å². The van der Waals surface area contributed by atoms with E-state index in [1.165, 1.54) is 99.8 Å². The van der Waals surface area contributed by atoms with E-state index in [4.69, 9.17) is 0 Å². The summed E-state index contributed by atoms with van der Waals surface area (Å²) in [5, 5.41) is 8.11. The summed E-state index contributed by atoms with van der Waals surface area (Å²) in [5.41, 5.74) is 18.5. The van der Waals surface area contributed by atoms with Crippen LogP contribution in [0.1, 0.15) is 112 Å². The van der Waals surface area contributed by atoms with Crippen molar-refractivity contribution < 1.29 is 0 Å². The summed E-state index contributed by atoms with van der Waals surface area (Å²) >= 11 is 0. The topological polar surface area (TPSA) is 6.48 Å². The number of rotatable bonds is 12. The van der Waals surface area contributed by atoms with Gasteiger partial charge in [0.1, 0.15) is 0 Å². The van der Waals surface area contributed by atoms with Crippen molar-refractivity contribution in [2.24, 2.45) is 0 Å². The van der Waals surface area contributed by atoms with E-state index in [2.05, 4.69) is 274 Å². The molecule has 0 radical (unpaired) electrons. The van der Waals surface area contributed by atoms with Crippen LogP contribution in [0, 0.1) is 0 Å². The van der Waals surface area contributed by atoms with Gasteiger partial charge in [0.2, 0.25) is 0 Å². The molecule has 0 aliphatic heterocycles. The first-order chi connectivity index (χ1) is 33.8.